The van der Waals surface area contributed by atoms with E-state index in [1.165, 1.54) is 27.6 Å². The zero-order chi connectivity index (χ0) is 31.3. The fourth-order valence-corrected chi connectivity index (χ4v) is 7.93. The summed E-state index contributed by atoms with van der Waals surface area (Å²) in [5.74, 6) is 0.640. The number of rotatable bonds is 3. The van der Waals surface area contributed by atoms with Gasteiger partial charge in [-0.1, -0.05) is 135 Å². The van der Waals surface area contributed by atoms with Crippen LogP contribution in [0.3, 0.4) is 0 Å². The van der Waals surface area contributed by atoms with Crippen molar-refractivity contribution in [3.05, 3.63) is 151 Å². The van der Waals surface area contributed by atoms with E-state index in [9.17, 15) is 0 Å². The number of aromatic nitrogens is 3. The van der Waals surface area contributed by atoms with Crippen LogP contribution in [0.4, 0.5) is 0 Å². The van der Waals surface area contributed by atoms with E-state index < -0.39 is 0 Å². The van der Waals surface area contributed by atoms with Crippen molar-refractivity contribution in [3.63, 3.8) is 0 Å². The fraction of sp³-hybridized carbons (Fsp3) is 0.0698. The van der Waals surface area contributed by atoms with Crippen LogP contribution in [0.15, 0.2) is 144 Å². The second kappa shape index (κ2) is 9.51. The van der Waals surface area contributed by atoms with Gasteiger partial charge >= 0.3 is 0 Å². The summed E-state index contributed by atoms with van der Waals surface area (Å²) in [4.78, 5) is 10.7. The van der Waals surface area contributed by atoms with E-state index in [4.69, 9.17) is 14.4 Å². The largest absolute Gasteiger partial charge is 0.455 e. The Kier molecular flexibility index (Phi) is 5.31. The normalized spacial score (nSPS) is 13.5. The van der Waals surface area contributed by atoms with Crippen LogP contribution in [0.5, 0.6) is 0 Å². The highest BCUT2D eigenvalue weighted by molar-refractivity contribution is 6.30. The summed E-state index contributed by atoms with van der Waals surface area (Å²) in [5, 5.41) is 4.53. The van der Waals surface area contributed by atoms with E-state index in [0.29, 0.717) is 5.95 Å². The van der Waals surface area contributed by atoms with Gasteiger partial charge in [0.25, 0.3) is 0 Å². The van der Waals surface area contributed by atoms with Gasteiger partial charge in [0.05, 0.1) is 27.8 Å². The first-order valence-electron chi connectivity index (χ1n) is 16.1. The van der Waals surface area contributed by atoms with Crippen LogP contribution in [0, 0.1) is 0 Å². The van der Waals surface area contributed by atoms with Gasteiger partial charge in [0.15, 0.2) is 0 Å². The van der Waals surface area contributed by atoms with Gasteiger partial charge < -0.3 is 4.42 Å². The van der Waals surface area contributed by atoms with E-state index >= 15 is 0 Å². The first-order valence-corrected chi connectivity index (χ1v) is 16.1. The lowest BCUT2D eigenvalue weighted by Gasteiger charge is -2.23. The molecule has 0 amide bonds. The van der Waals surface area contributed by atoms with Crippen LogP contribution >= 0.6 is 0 Å². The number of nitrogens with zero attached hydrogens (tertiary/aromatic N) is 3. The molecular weight excluding hydrogens is 574 g/mol. The van der Waals surface area contributed by atoms with Gasteiger partial charge in [0, 0.05) is 32.7 Å². The van der Waals surface area contributed by atoms with E-state index in [0.717, 1.165) is 60.9 Å². The molecule has 4 nitrogen and oxygen atoms in total. The average Bonchev–Trinajstić information content (AvgIpc) is 3.75. The zero-order valence-corrected chi connectivity index (χ0v) is 26.0. The molecule has 0 saturated carbocycles. The smallest absolute Gasteiger partial charge is 0.235 e. The second-order valence-electron chi connectivity index (χ2n) is 13.0. The fourth-order valence-electron chi connectivity index (χ4n) is 7.93. The number of fused-ring (bicyclic) bond motifs is 12. The van der Waals surface area contributed by atoms with E-state index in [2.05, 4.69) is 146 Å². The third-order valence-corrected chi connectivity index (χ3v) is 9.98. The Labute approximate surface area is 271 Å². The van der Waals surface area contributed by atoms with Crippen molar-refractivity contribution in [2.45, 2.75) is 19.3 Å². The van der Waals surface area contributed by atoms with Gasteiger partial charge in [-0.05, 0) is 40.5 Å². The Balaban J connectivity index is 1.44. The number of hydrogen-bond donors (Lipinski definition) is 0. The molecule has 0 N–H and O–H groups in total. The lowest BCUT2D eigenvalue weighted by Crippen LogP contribution is -2.17. The predicted molar refractivity (Wildman–Crippen MR) is 192 cm³/mol. The summed E-state index contributed by atoms with van der Waals surface area (Å²) in [6.07, 6.45) is 0. The molecule has 1 aliphatic carbocycles. The van der Waals surface area contributed by atoms with Crippen LogP contribution in [-0.4, -0.2) is 14.5 Å². The summed E-state index contributed by atoms with van der Waals surface area (Å²) in [6.45, 7) is 4.70. The van der Waals surface area contributed by atoms with Crippen LogP contribution in [-0.2, 0) is 5.41 Å². The summed E-state index contributed by atoms with van der Waals surface area (Å²) in [7, 11) is 0. The summed E-state index contributed by atoms with van der Waals surface area (Å²) in [6, 6.07) is 48.8. The lowest BCUT2D eigenvalue weighted by atomic mass is 9.81. The molecular formula is C43H29N3O. The van der Waals surface area contributed by atoms with Crippen molar-refractivity contribution in [2.24, 2.45) is 0 Å². The SMILES string of the molecule is CC1(C)c2ccccc2-c2c1c1c(c3ccccc3n1-c1nc(-c3ccccc3)cc(-c3ccccc3)n1)c1oc3ccccc3c21. The Hall–Kier alpha value is -6.00. The molecule has 0 saturated heterocycles. The van der Waals surface area contributed by atoms with Crippen molar-refractivity contribution in [2.75, 3.05) is 0 Å². The van der Waals surface area contributed by atoms with Gasteiger partial charge in [-0.2, -0.15) is 0 Å². The maximum atomic E-state index is 6.86. The van der Waals surface area contributed by atoms with Crippen LogP contribution in [0.1, 0.15) is 25.0 Å². The highest BCUT2D eigenvalue weighted by Gasteiger charge is 2.41. The molecule has 0 unspecified atom stereocenters. The van der Waals surface area contributed by atoms with Gasteiger partial charge in [0.2, 0.25) is 5.95 Å². The maximum Gasteiger partial charge on any atom is 0.235 e. The van der Waals surface area contributed by atoms with E-state index in [-0.39, 0.29) is 5.41 Å². The zero-order valence-electron chi connectivity index (χ0n) is 26.0. The number of furan rings is 1. The van der Waals surface area contributed by atoms with Crippen LogP contribution in [0.25, 0.3) is 83.3 Å². The van der Waals surface area contributed by atoms with Crippen LogP contribution in [0.2, 0.25) is 0 Å². The molecule has 3 aromatic heterocycles. The van der Waals surface area contributed by atoms with Gasteiger partial charge in [-0.15, -0.1) is 0 Å². The first-order chi connectivity index (χ1) is 23.1. The number of benzene rings is 6. The maximum absolute atomic E-state index is 6.86. The Bertz CT molecular complexity index is 2640. The predicted octanol–water partition coefficient (Wildman–Crippen LogP) is 11.1. The van der Waals surface area contributed by atoms with Crippen molar-refractivity contribution in [1.29, 1.82) is 0 Å². The van der Waals surface area contributed by atoms with Gasteiger partial charge in [-0.25, -0.2) is 9.97 Å². The molecule has 0 bridgehead atoms. The Morgan fingerprint density at radius 3 is 1.91 bits per heavy atom. The molecule has 10 rings (SSSR count). The topological polar surface area (TPSA) is 43.9 Å². The first kappa shape index (κ1) is 26.2. The lowest BCUT2D eigenvalue weighted by molar-refractivity contribution is 0.661. The molecule has 0 fully saturated rings. The molecule has 0 atom stereocenters. The van der Waals surface area contributed by atoms with E-state index in [1.54, 1.807) is 0 Å². The highest BCUT2D eigenvalue weighted by Crippen LogP contribution is 2.57. The van der Waals surface area contributed by atoms with Gasteiger partial charge in [-0.3, -0.25) is 4.57 Å². The molecule has 3 heterocycles. The molecule has 0 aliphatic heterocycles. The van der Waals surface area contributed by atoms with Crippen molar-refractivity contribution in [1.82, 2.24) is 14.5 Å². The molecule has 6 aromatic carbocycles. The molecule has 4 heteroatoms. The highest BCUT2D eigenvalue weighted by atomic mass is 16.3. The summed E-state index contributed by atoms with van der Waals surface area (Å²) < 4.78 is 9.16. The standard InChI is InChI=1S/C43H29N3O/c1-43(2)31-22-12-9-19-28(31)36-37-30-21-11-14-24-35(30)47-41(37)38-29-20-10-13-23-34(29)46(40(38)39(36)43)42-44-32(26-15-5-3-6-16-26)25-33(45-42)27-17-7-4-8-18-27/h3-25H,1-2H3. The molecule has 1 aliphatic rings. The molecule has 0 radical (unpaired) electrons. The average molecular weight is 604 g/mol. The Morgan fingerprint density at radius 2 is 1.19 bits per heavy atom. The number of hydrogen-bond acceptors (Lipinski definition) is 3. The van der Waals surface area contributed by atoms with Crippen molar-refractivity contribution >= 4 is 43.7 Å². The quantitative estimate of drug-likeness (QED) is 0.202. The molecule has 222 valence electrons. The van der Waals surface area contributed by atoms with Crippen molar-refractivity contribution in [3.8, 4) is 39.6 Å². The number of para-hydroxylation sites is 2. The minimum Gasteiger partial charge on any atom is -0.455 e. The monoisotopic (exact) mass is 603 g/mol. The van der Waals surface area contributed by atoms with Crippen molar-refractivity contribution < 1.29 is 4.42 Å². The minimum absolute atomic E-state index is 0.290. The minimum atomic E-state index is -0.290. The molecule has 47 heavy (non-hydrogen) atoms. The van der Waals surface area contributed by atoms with E-state index in [1.807, 2.05) is 12.1 Å². The third-order valence-electron chi connectivity index (χ3n) is 9.98. The Morgan fingerprint density at radius 1 is 0.596 bits per heavy atom. The molecule has 0 spiro atoms. The van der Waals surface area contributed by atoms with Gasteiger partial charge in [0.1, 0.15) is 11.2 Å². The molecule has 9 aromatic rings. The summed E-state index contributed by atoms with van der Waals surface area (Å²) in [5.41, 5.74) is 12.6. The third kappa shape index (κ3) is 3.58. The second-order valence-corrected chi connectivity index (χ2v) is 13.0. The summed E-state index contributed by atoms with van der Waals surface area (Å²) >= 11 is 0. The van der Waals surface area contributed by atoms with Crippen LogP contribution < -0.4 is 0 Å².